The van der Waals surface area contributed by atoms with Crippen LogP contribution in [0.1, 0.15) is 10.4 Å². The third kappa shape index (κ3) is 2.55. The molecule has 1 N–H and O–H groups in total. The van der Waals surface area contributed by atoms with E-state index in [0.717, 1.165) is 0 Å². The lowest BCUT2D eigenvalue weighted by Crippen LogP contribution is -2.01. The number of hydrogen-bond acceptors (Lipinski definition) is 2. The SMILES string of the molecule is COc1c(Cl)ccc(Cl)c1C(=O)O.[AlH3]. The fraction of sp³-hybridized carbons (Fsp3) is 0.125. The summed E-state index contributed by atoms with van der Waals surface area (Å²) in [4.78, 5) is 10.7. The number of carboxylic acids is 1. The van der Waals surface area contributed by atoms with Crippen molar-refractivity contribution >= 4 is 46.5 Å². The molecule has 0 saturated carbocycles. The number of rotatable bonds is 2. The largest absolute Gasteiger partial charge is 0.494 e. The second-order valence-corrected chi connectivity index (χ2v) is 3.06. The second kappa shape index (κ2) is 5.48. The molecule has 0 bridgehead atoms. The van der Waals surface area contributed by atoms with E-state index in [9.17, 15) is 4.79 Å². The van der Waals surface area contributed by atoms with Crippen molar-refractivity contribution in [2.45, 2.75) is 0 Å². The first-order valence-corrected chi connectivity index (χ1v) is 4.08. The maximum atomic E-state index is 10.7. The number of carboxylic acid groups (broad SMARTS) is 1. The van der Waals surface area contributed by atoms with Crippen molar-refractivity contribution in [1.82, 2.24) is 0 Å². The smallest absolute Gasteiger partial charge is 0.341 e. The Kier molecular flexibility index (Phi) is 5.32. The highest BCUT2D eigenvalue weighted by Gasteiger charge is 2.17. The highest BCUT2D eigenvalue weighted by atomic mass is 35.5. The predicted molar refractivity (Wildman–Crippen MR) is 59.9 cm³/mol. The van der Waals surface area contributed by atoms with E-state index < -0.39 is 5.97 Å². The summed E-state index contributed by atoms with van der Waals surface area (Å²) in [5.74, 6) is -1.08. The molecule has 0 fully saturated rings. The maximum Gasteiger partial charge on any atom is 0.341 e. The van der Waals surface area contributed by atoms with Crippen molar-refractivity contribution in [2.24, 2.45) is 0 Å². The summed E-state index contributed by atoms with van der Waals surface area (Å²) >= 11 is 11.4. The fourth-order valence-electron chi connectivity index (χ4n) is 0.932. The molecule has 0 aliphatic rings. The molecule has 0 heterocycles. The van der Waals surface area contributed by atoms with Crippen LogP contribution in [0.3, 0.4) is 0 Å². The summed E-state index contributed by atoms with van der Waals surface area (Å²) in [6.45, 7) is 0. The Balaban J connectivity index is 0.00000169. The van der Waals surface area contributed by atoms with Crippen molar-refractivity contribution < 1.29 is 14.6 Å². The zero-order valence-corrected chi connectivity index (χ0v) is 8.19. The molecule has 0 unspecified atom stereocenters. The minimum atomic E-state index is -1.16. The van der Waals surface area contributed by atoms with Gasteiger partial charge in [0.25, 0.3) is 0 Å². The molecule has 0 spiro atoms. The maximum absolute atomic E-state index is 10.7. The average Bonchev–Trinajstić information content (AvgIpc) is 2.07. The van der Waals surface area contributed by atoms with Gasteiger partial charge in [0.2, 0.25) is 0 Å². The van der Waals surface area contributed by atoms with Crippen LogP contribution in [0.2, 0.25) is 10.0 Å². The van der Waals surface area contributed by atoms with Crippen molar-refractivity contribution in [3.8, 4) is 5.75 Å². The highest BCUT2D eigenvalue weighted by molar-refractivity contribution is 6.36. The number of aromatic carboxylic acids is 1. The van der Waals surface area contributed by atoms with Crippen LogP contribution in [0.25, 0.3) is 0 Å². The lowest BCUT2D eigenvalue weighted by Gasteiger charge is -2.07. The van der Waals surface area contributed by atoms with Crippen LogP contribution in [0, 0.1) is 0 Å². The molecule has 3 nitrogen and oxygen atoms in total. The van der Waals surface area contributed by atoms with Gasteiger partial charge in [-0.25, -0.2) is 4.79 Å². The topological polar surface area (TPSA) is 46.5 Å². The quantitative estimate of drug-likeness (QED) is 0.810. The summed E-state index contributed by atoms with van der Waals surface area (Å²) in [7, 11) is 1.34. The van der Waals surface area contributed by atoms with Crippen LogP contribution < -0.4 is 4.74 Å². The third-order valence-corrected chi connectivity index (χ3v) is 2.09. The monoisotopic (exact) mass is 250 g/mol. The molecule has 0 radical (unpaired) electrons. The summed E-state index contributed by atoms with van der Waals surface area (Å²) in [5, 5.41) is 9.11. The molecular weight excluding hydrogens is 242 g/mol. The summed E-state index contributed by atoms with van der Waals surface area (Å²) in [5.41, 5.74) is -0.114. The molecule has 14 heavy (non-hydrogen) atoms. The van der Waals surface area contributed by atoms with Crippen LogP contribution in [-0.4, -0.2) is 35.5 Å². The van der Waals surface area contributed by atoms with Gasteiger partial charge in [0.15, 0.2) is 23.1 Å². The molecular formula is C8H9AlCl2O3. The van der Waals surface area contributed by atoms with Gasteiger partial charge >= 0.3 is 5.97 Å². The van der Waals surface area contributed by atoms with Crippen LogP contribution >= 0.6 is 23.2 Å². The van der Waals surface area contributed by atoms with Gasteiger partial charge in [0, 0.05) is 0 Å². The molecule has 0 aliphatic heterocycles. The molecule has 1 aromatic rings. The molecule has 0 aromatic heterocycles. The standard InChI is InChI=1S/C8H6Cl2O3.Al.3H/c1-13-7-5(10)3-2-4(9)6(7)8(11)12;;;;/h2-3H,1H3,(H,11,12);;;;. The first kappa shape index (κ1) is 13.6. The summed E-state index contributed by atoms with van der Waals surface area (Å²) in [6, 6.07) is 2.89. The number of benzene rings is 1. The van der Waals surface area contributed by atoms with E-state index >= 15 is 0 Å². The zero-order chi connectivity index (χ0) is 10.0. The highest BCUT2D eigenvalue weighted by Crippen LogP contribution is 2.33. The lowest BCUT2D eigenvalue weighted by atomic mass is 10.2. The Morgan fingerprint density at radius 3 is 2.21 bits per heavy atom. The van der Waals surface area contributed by atoms with Crippen LogP contribution in [0.15, 0.2) is 12.1 Å². The van der Waals surface area contributed by atoms with Gasteiger partial charge in [-0.2, -0.15) is 0 Å². The fourth-order valence-corrected chi connectivity index (χ4v) is 1.40. The lowest BCUT2D eigenvalue weighted by molar-refractivity contribution is 0.0693. The van der Waals surface area contributed by atoms with Gasteiger partial charge in [0.05, 0.1) is 17.2 Å². The van der Waals surface area contributed by atoms with Gasteiger partial charge < -0.3 is 9.84 Å². The Hall–Kier alpha value is -0.398. The van der Waals surface area contributed by atoms with Crippen LogP contribution in [0.5, 0.6) is 5.75 Å². The minimum absolute atomic E-state index is 0. The van der Waals surface area contributed by atoms with Gasteiger partial charge in [-0.15, -0.1) is 0 Å². The summed E-state index contributed by atoms with van der Waals surface area (Å²) < 4.78 is 4.82. The zero-order valence-electron chi connectivity index (χ0n) is 6.67. The van der Waals surface area contributed by atoms with Gasteiger partial charge in [-0.3, -0.25) is 0 Å². The Bertz CT molecular complexity index is 355. The number of carbonyl (C=O) groups is 1. The number of halogens is 2. The molecule has 0 amide bonds. The number of ether oxygens (including phenoxy) is 1. The van der Waals surface area contributed by atoms with Gasteiger partial charge in [-0.05, 0) is 12.1 Å². The van der Waals surface area contributed by atoms with E-state index in [-0.39, 0.29) is 38.7 Å². The van der Waals surface area contributed by atoms with Gasteiger partial charge in [0.1, 0.15) is 5.56 Å². The Labute approximate surface area is 102 Å². The predicted octanol–water partition coefficient (Wildman–Crippen LogP) is 1.52. The molecule has 6 heteroatoms. The van der Waals surface area contributed by atoms with Crippen LogP contribution in [-0.2, 0) is 0 Å². The van der Waals surface area contributed by atoms with E-state index in [1.54, 1.807) is 0 Å². The average molecular weight is 251 g/mol. The van der Waals surface area contributed by atoms with Crippen molar-refractivity contribution in [1.29, 1.82) is 0 Å². The van der Waals surface area contributed by atoms with Crippen molar-refractivity contribution in [3.63, 3.8) is 0 Å². The van der Waals surface area contributed by atoms with E-state index in [1.165, 1.54) is 19.2 Å². The van der Waals surface area contributed by atoms with E-state index in [0.29, 0.717) is 0 Å². The normalized spacial score (nSPS) is 9.07. The van der Waals surface area contributed by atoms with E-state index in [1.807, 2.05) is 0 Å². The van der Waals surface area contributed by atoms with E-state index in [2.05, 4.69) is 0 Å². The van der Waals surface area contributed by atoms with Crippen LogP contribution in [0.4, 0.5) is 0 Å². The molecule has 1 rings (SSSR count). The first-order valence-electron chi connectivity index (χ1n) is 3.33. The summed E-state index contributed by atoms with van der Waals surface area (Å²) in [6.07, 6.45) is 0. The number of hydrogen-bond donors (Lipinski definition) is 1. The Morgan fingerprint density at radius 1 is 1.36 bits per heavy atom. The molecule has 0 aliphatic carbocycles. The Morgan fingerprint density at radius 2 is 1.86 bits per heavy atom. The first-order chi connectivity index (χ1) is 6.07. The number of methoxy groups -OCH3 is 1. The van der Waals surface area contributed by atoms with Crippen molar-refractivity contribution in [3.05, 3.63) is 27.7 Å². The van der Waals surface area contributed by atoms with Crippen molar-refractivity contribution in [2.75, 3.05) is 7.11 Å². The molecule has 76 valence electrons. The molecule has 1 aromatic carbocycles. The third-order valence-electron chi connectivity index (χ3n) is 1.48. The van der Waals surface area contributed by atoms with E-state index in [4.69, 9.17) is 33.0 Å². The van der Waals surface area contributed by atoms with Gasteiger partial charge in [-0.1, -0.05) is 23.2 Å². The molecule has 0 saturated heterocycles. The second-order valence-electron chi connectivity index (χ2n) is 2.24. The minimum Gasteiger partial charge on any atom is -0.494 e. The molecule has 0 atom stereocenters.